The van der Waals surface area contributed by atoms with E-state index in [0.717, 1.165) is 5.75 Å². The number of nitrogens with one attached hydrogen (secondary N) is 1. The molecule has 0 heterocycles. The highest BCUT2D eigenvalue weighted by atomic mass is 16.5. The van der Waals surface area contributed by atoms with Crippen molar-refractivity contribution in [1.82, 2.24) is 5.32 Å². The Morgan fingerprint density at radius 3 is 2.70 bits per heavy atom. The summed E-state index contributed by atoms with van der Waals surface area (Å²) in [6, 6.07) is 7.66. The first-order valence-electron chi connectivity index (χ1n) is 6.85. The lowest BCUT2D eigenvalue weighted by Gasteiger charge is -2.13. The zero-order valence-corrected chi connectivity index (χ0v) is 12.1. The number of aryl methyl sites for hydroxylation is 1. The molecule has 0 spiro atoms. The van der Waals surface area contributed by atoms with Gasteiger partial charge in [0.15, 0.2) is 0 Å². The highest BCUT2D eigenvalue weighted by molar-refractivity contribution is 5.69. The molecule has 5 nitrogen and oxygen atoms in total. The summed E-state index contributed by atoms with van der Waals surface area (Å²) < 4.78 is 10.3. The summed E-state index contributed by atoms with van der Waals surface area (Å²) in [5, 5.41) is 12.7. The van der Waals surface area contributed by atoms with E-state index in [1.54, 1.807) is 6.92 Å². The average Bonchev–Trinajstić information content (AvgIpc) is 2.43. The molecule has 1 rings (SSSR count). The predicted molar refractivity (Wildman–Crippen MR) is 76.8 cm³/mol. The second-order valence-electron chi connectivity index (χ2n) is 4.54. The molecule has 0 saturated carbocycles. The van der Waals surface area contributed by atoms with E-state index in [2.05, 4.69) is 5.32 Å². The highest BCUT2D eigenvalue weighted by Gasteiger charge is 2.06. The van der Waals surface area contributed by atoms with Gasteiger partial charge in [0.25, 0.3) is 0 Å². The molecule has 5 heteroatoms. The molecule has 1 aromatic carbocycles. The second-order valence-corrected chi connectivity index (χ2v) is 4.54. The van der Waals surface area contributed by atoms with Crippen molar-refractivity contribution in [1.29, 1.82) is 0 Å². The molecule has 112 valence electrons. The van der Waals surface area contributed by atoms with Crippen LogP contribution in [0.15, 0.2) is 24.3 Å². The van der Waals surface area contributed by atoms with E-state index in [1.807, 2.05) is 31.2 Å². The highest BCUT2D eigenvalue weighted by Crippen LogP contribution is 2.11. The smallest absolute Gasteiger partial charge is 0.307 e. The third-order valence-corrected chi connectivity index (χ3v) is 2.65. The number of ether oxygens (including phenoxy) is 2. The van der Waals surface area contributed by atoms with Gasteiger partial charge in [-0.3, -0.25) is 4.79 Å². The van der Waals surface area contributed by atoms with Gasteiger partial charge in [-0.1, -0.05) is 17.7 Å². The van der Waals surface area contributed by atoms with Crippen LogP contribution in [0.5, 0.6) is 5.75 Å². The number of esters is 1. The van der Waals surface area contributed by atoms with Crippen molar-refractivity contribution >= 4 is 5.97 Å². The predicted octanol–water partition coefficient (Wildman–Crippen LogP) is 1.28. The first-order chi connectivity index (χ1) is 9.61. The third kappa shape index (κ3) is 7.11. The number of rotatable bonds is 9. The van der Waals surface area contributed by atoms with Gasteiger partial charge in [-0.25, -0.2) is 0 Å². The lowest BCUT2D eigenvalue weighted by molar-refractivity contribution is -0.143. The number of aliphatic hydroxyl groups is 1. The molecule has 0 aromatic heterocycles. The van der Waals surface area contributed by atoms with Crippen LogP contribution in [0, 0.1) is 6.92 Å². The fourth-order valence-corrected chi connectivity index (χ4v) is 1.58. The fourth-order valence-electron chi connectivity index (χ4n) is 1.58. The summed E-state index contributed by atoms with van der Waals surface area (Å²) in [7, 11) is 0. The lowest BCUT2D eigenvalue weighted by Crippen LogP contribution is -2.32. The van der Waals surface area contributed by atoms with Gasteiger partial charge in [0.2, 0.25) is 0 Å². The SMILES string of the molecule is CCOC(=O)CCNCC(O)COc1ccc(C)cc1. The van der Waals surface area contributed by atoms with Crippen molar-refractivity contribution in [3.05, 3.63) is 29.8 Å². The summed E-state index contributed by atoms with van der Waals surface area (Å²) in [6.07, 6.45) is -0.308. The Bertz CT molecular complexity index is 391. The molecule has 20 heavy (non-hydrogen) atoms. The summed E-state index contributed by atoms with van der Waals surface area (Å²) in [5.74, 6) is 0.506. The van der Waals surface area contributed by atoms with Gasteiger partial charge in [-0.05, 0) is 26.0 Å². The average molecular weight is 281 g/mol. The van der Waals surface area contributed by atoms with E-state index in [0.29, 0.717) is 26.1 Å². The Morgan fingerprint density at radius 1 is 1.35 bits per heavy atom. The van der Waals surface area contributed by atoms with Crippen molar-refractivity contribution in [2.75, 3.05) is 26.3 Å². The van der Waals surface area contributed by atoms with Gasteiger partial charge < -0.3 is 19.9 Å². The van der Waals surface area contributed by atoms with Crippen molar-refractivity contribution in [2.24, 2.45) is 0 Å². The normalized spacial score (nSPS) is 11.9. The van der Waals surface area contributed by atoms with Crippen molar-refractivity contribution in [3.63, 3.8) is 0 Å². The largest absolute Gasteiger partial charge is 0.491 e. The number of aliphatic hydroxyl groups excluding tert-OH is 1. The van der Waals surface area contributed by atoms with Crippen LogP contribution in [-0.4, -0.2) is 43.5 Å². The third-order valence-electron chi connectivity index (χ3n) is 2.65. The minimum absolute atomic E-state index is 0.218. The Labute approximate surface area is 119 Å². The first-order valence-corrected chi connectivity index (χ1v) is 6.85. The van der Waals surface area contributed by atoms with E-state index in [-0.39, 0.29) is 12.6 Å². The molecule has 0 aliphatic carbocycles. The quantitative estimate of drug-likeness (QED) is 0.527. The Kier molecular flexibility index (Phi) is 7.69. The van der Waals surface area contributed by atoms with Crippen LogP contribution in [-0.2, 0) is 9.53 Å². The molecule has 1 aromatic rings. The van der Waals surface area contributed by atoms with Crippen LogP contribution >= 0.6 is 0 Å². The lowest BCUT2D eigenvalue weighted by atomic mass is 10.2. The van der Waals surface area contributed by atoms with Gasteiger partial charge in [0.1, 0.15) is 18.5 Å². The monoisotopic (exact) mass is 281 g/mol. The summed E-state index contributed by atoms with van der Waals surface area (Å²) in [6.45, 7) is 5.26. The zero-order valence-electron chi connectivity index (χ0n) is 12.1. The number of carbonyl (C=O) groups is 1. The van der Waals surface area contributed by atoms with Gasteiger partial charge in [-0.15, -0.1) is 0 Å². The maximum atomic E-state index is 11.1. The standard InChI is InChI=1S/C15H23NO4/c1-3-19-15(18)8-9-16-10-13(17)11-20-14-6-4-12(2)5-7-14/h4-7,13,16-17H,3,8-11H2,1-2H3. The minimum Gasteiger partial charge on any atom is -0.491 e. The molecule has 2 N–H and O–H groups in total. The van der Waals surface area contributed by atoms with Gasteiger partial charge in [-0.2, -0.15) is 0 Å². The summed E-state index contributed by atoms with van der Waals surface area (Å²) in [4.78, 5) is 11.1. The van der Waals surface area contributed by atoms with Crippen molar-refractivity contribution in [2.45, 2.75) is 26.4 Å². The molecule has 0 bridgehead atoms. The molecule has 0 saturated heterocycles. The second kappa shape index (κ2) is 9.34. The molecule has 0 aliphatic rings. The molecule has 1 unspecified atom stereocenters. The van der Waals surface area contributed by atoms with Gasteiger partial charge >= 0.3 is 5.97 Å². The summed E-state index contributed by atoms with van der Waals surface area (Å²) >= 11 is 0. The number of benzene rings is 1. The van der Waals surface area contributed by atoms with Crippen LogP contribution in [0.2, 0.25) is 0 Å². The van der Waals surface area contributed by atoms with E-state index in [9.17, 15) is 9.90 Å². The number of hydrogen-bond acceptors (Lipinski definition) is 5. The molecule has 0 fully saturated rings. The molecule has 0 radical (unpaired) electrons. The van der Waals surface area contributed by atoms with E-state index in [4.69, 9.17) is 9.47 Å². The van der Waals surface area contributed by atoms with Gasteiger partial charge in [0.05, 0.1) is 13.0 Å². The number of hydrogen-bond donors (Lipinski definition) is 2. The van der Waals surface area contributed by atoms with Crippen LogP contribution in [0.4, 0.5) is 0 Å². The topological polar surface area (TPSA) is 67.8 Å². The molecule has 0 amide bonds. The zero-order chi connectivity index (χ0) is 14.8. The molecular formula is C15H23NO4. The maximum absolute atomic E-state index is 11.1. The number of carbonyl (C=O) groups excluding carboxylic acids is 1. The molecular weight excluding hydrogens is 258 g/mol. The van der Waals surface area contributed by atoms with E-state index < -0.39 is 6.10 Å². The van der Waals surface area contributed by atoms with Crippen molar-refractivity contribution < 1.29 is 19.4 Å². The Balaban J connectivity index is 2.10. The van der Waals surface area contributed by atoms with Gasteiger partial charge in [0, 0.05) is 13.1 Å². The minimum atomic E-state index is -0.613. The first kappa shape index (κ1) is 16.5. The van der Waals surface area contributed by atoms with Crippen LogP contribution < -0.4 is 10.1 Å². The van der Waals surface area contributed by atoms with Crippen LogP contribution in [0.3, 0.4) is 0 Å². The fraction of sp³-hybridized carbons (Fsp3) is 0.533. The molecule has 0 aliphatic heterocycles. The van der Waals surface area contributed by atoms with E-state index in [1.165, 1.54) is 5.56 Å². The van der Waals surface area contributed by atoms with Crippen molar-refractivity contribution in [3.8, 4) is 5.75 Å². The Hall–Kier alpha value is -1.59. The van der Waals surface area contributed by atoms with Crippen LogP contribution in [0.25, 0.3) is 0 Å². The van der Waals surface area contributed by atoms with E-state index >= 15 is 0 Å². The Morgan fingerprint density at radius 2 is 2.05 bits per heavy atom. The summed E-state index contributed by atoms with van der Waals surface area (Å²) in [5.41, 5.74) is 1.17. The van der Waals surface area contributed by atoms with Crippen LogP contribution in [0.1, 0.15) is 18.9 Å². The maximum Gasteiger partial charge on any atom is 0.307 e. The molecule has 1 atom stereocenters.